The fourth-order valence-corrected chi connectivity index (χ4v) is 1.31. The molecule has 0 saturated heterocycles. The van der Waals surface area contributed by atoms with Crippen molar-refractivity contribution in [3.8, 4) is 11.8 Å². The van der Waals surface area contributed by atoms with E-state index in [4.69, 9.17) is 10.5 Å². The summed E-state index contributed by atoms with van der Waals surface area (Å²) in [5.41, 5.74) is 5.49. The van der Waals surface area contributed by atoms with Crippen LogP contribution >= 0.6 is 0 Å². The van der Waals surface area contributed by atoms with Crippen LogP contribution in [0.5, 0.6) is 11.8 Å². The van der Waals surface area contributed by atoms with Crippen molar-refractivity contribution in [2.24, 2.45) is 5.73 Å². The Kier molecular flexibility index (Phi) is 3.62. The molecule has 0 fully saturated rings. The first kappa shape index (κ1) is 12.8. The molecule has 2 N–H and O–H groups in total. The maximum Gasteiger partial charge on any atom is 0.321 e. The molecular weight excluding hydrogens is 255 g/mol. The van der Waals surface area contributed by atoms with E-state index in [1.807, 2.05) is 0 Å². The largest absolute Gasteiger partial charge is 0.424 e. The van der Waals surface area contributed by atoms with Gasteiger partial charge in [0.05, 0.1) is 4.92 Å². The van der Waals surface area contributed by atoms with Gasteiger partial charge in [-0.05, 0) is 6.07 Å². The Labute approximate surface area is 107 Å². The second-order valence-electron chi connectivity index (χ2n) is 3.55. The summed E-state index contributed by atoms with van der Waals surface area (Å²) < 4.78 is 18.5. The van der Waals surface area contributed by atoms with Gasteiger partial charge in [0, 0.05) is 36.6 Å². The van der Waals surface area contributed by atoms with Gasteiger partial charge in [-0.3, -0.25) is 10.1 Å². The zero-order valence-corrected chi connectivity index (χ0v) is 9.62. The van der Waals surface area contributed by atoms with Gasteiger partial charge >= 0.3 is 11.7 Å². The molecule has 0 amide bonds. The number of benzene rings is 1. The molecule has 1 aromatic heterocycles. The van der Waals surface area contributed by atoms with E-state index >= 15 is 0 Å². The summed E-state index contributed by atoms with van der Waals surface area (Å²) in [6.45, 7) is 0.298. The van der Waals surface area contributed by atoms with Crippen LogP contribution in [0.2, 0.25) is 0 Å². The smallest absolute Gasteiger partial charge is 0.321 e. The molecule has 2 aromatic rings. The molecule has 98 valence electrons. The molecule has 7 nitrogen and oxygen atoms in total. The molecule has 19 heavy (non-hydrogen) atoms. The van der Waals surface area contributed by atoms with Crippen LogP contribution in [-0.2, 0) is 6.54 Å². The third kappa shape index (κ3) is 2.99. The highest BCUT2D eigenvalue weighted by Crippen LogP contribution is 2.24. The minimum atomic E-state index is -0.985. The summed E-state index contributed by atoms with van der Waals surface area (Å²) in [5, 5.41) is 10.5. The van der Waals surface area contributed by atoms with E-state index in [1.165, 1.54) is 18.5 Å². The molecule has 0 atom stereocenters. The van der Waals surface area contributed by atoms with E-state index in [1.54, 1.807) is 0 Å². The minimum Gasteiger partial charge on any atom is -0.424 e. The van der Waals surface area contributed by atoms with Gasteiger partial charge in [-0.25, -0.2) is 9.97 Å². The monoisotopic (exact) mass is 264 g/mol. The Morgan fingerprint density at radius 3 is 2.58 bits per heavy atom. The first-order chi connectivity index (χ1) is 9.10. The van der Waals surface area contributed by atoms with Gasteiger partial charge in [-0.1, -0.05) is 0 Å². The lowest BCUT2D eigenvalue weighted by Crippen LogP contribution is -1.99. The number of nitrogens with two attached hydrogens (primary N) is 1. The van der Waals surface area contributed by atoms with E-state index in [0.717, 1.165) is 17.7 Å². The molecule has 2 rings (SSSR count). The van der Waals surface area contributed by atoms with Crippen LogP contribution in [0.3, 0.4) is 0 Å². The molecule has 0 spiro atoms. The molecular formula is C11H9FN4O3. The third-order valence-corrected chi connectivity index (χ3v) is 2.24. The second-order valence-corrected chi connectivity index (χ2v) is 3.55. The maximum atomic E-state index is 13.3. The molecule has 0 radical (unpaired) electrons. The summed E-state index contributed by atoms with van der Waals surface area (Å²) in [6.07, 6.45) is 2.95. The number of hydrogen-bond acceptors (Lipinski definition) is 6. The SMILES string of the molecule is NCc1cnc(Oc2ccc([N+](=O)[O-])c(F)c2)nc1. The first-order valence-electron chi connectivity index (χ1n) is 5.23. The average Bonchev–Trinajstić information content (AvgIpc) is 2.39. The van der Waals surface area contributed by atoms with Crippen LogP contribution in [0.15, 0.2) is 30.6 Å². The van der Waals surface area contributed by atoms with Gasteiger partial charge in [0.25, 0.3) is 0 Å². The van der Waals surface area contributed by atoms with Crippen molar-refractivity contribution in [1.29, 1.82) is 0 Å². The highest BCUT2D eigenvalue weighted by molar-refractivity contribution is 5.38. The number of ether oxygens (including phenoxy) is 1. The topological polar surface area (TPSA) is 104 Å². The number of nitro groups is 1. The first-order valence-corrected chi connectivity index (χ1v) is 5.23. The van der Waals surface area contributed by atoms with Crippen LogP contribution in [0.1, 0.15) is 5.56 Å². The van der Waals surface area contributed by atoms with Crippen molar-refractivity contribution < 1.29 is 14.1 Å². The van der Waals surface area contributed by atoms with Crippen molar-refractivity contribution in [2.45, 2.75) is 6.54 Å². The van der Waals surface area contributed by atoms with E-state index in [0.29, 0.717) is 6.54 Å². The Balaban J connectivity index is 2.18. The Hall–Kier alpha value is -2.61. The third-order valence-electron chi connectivity index (χ3n) is 2.24. The molecule has 0 unspecified atom stereocenters. The van der Waals surface area contributed by atoms with Crippen molar-refractivity contribution in [3.05, 3.63) is 52.1 Å². The normalized spacial score (nSPS) is 10.2. The van der Waals surface area contributed by atoms with Crippen molar-refractivity contribution in [1.82, 2.24) is 9.97 Å². The fraction of sp³-hybridized carbons (Fsp3) is 0.0909. The predicted octanol–water partition coefficient (Wildman–Crippen LogP) is 1.77. The number of aromatic nitrogens is 2. The number of hydrogen-bond donors (Lipinski definition) is 1. The average molecular weight is 264 g/mol. The lowest BCUT2D eigenvalue weighted by atomic mass is 10.3. The second kappa shape index (κ2) is 5.36. The predicted molar refractivity (Wildman–Crippen MR) is 63.1 cm³/mol. The highest BCUT2D eigenvalue weighted by atomic mass is 19.1. The summed E-state index contributed by atoms with van der Waals surface area (Å²) in [5.74, 6) is -0.912. The Morgan fingerprint density at radius 2 is 2.05 bits per heavy atom. The van der Waals surface area contributed by atoms with Crippen LogP contribution in [0, 0.1) is 15.9 Å². The highest BCUT2D eigenvalue weighted by Gasteiger charge is 2.14. The summed E-state index contributed by atoms with van der Waals surface area (Å²) in [7, 11) is 0. The lowest BCUT2D eigenvalue weighted by molar-refractivity contribution is -0.387. The molecule has 0 bridgehead atoms. The van der Waals surface area contributed by atoms with Crippen LogP contribution < -0.4 is 10.5 Å². The number of rotatable bonds is 4. The van der Waals surface area contributed by atoms with Crippen molar-refractivity contribution in [3.63, 3.8) is 0 Å². The number of nitro benzene ring substituents is 1. The lowest BCUT2D eigenvalue weighted by Gasteiger charge is -2.04. The van der Waals surface area contributed by atoms with E-state index in [2.05, 4.69) is 9.97 Å². The van der Waals surface area contributed by atoms with E-state index < -0.39 is 16.4 Å². The van der Waals surface area contributed by atoms with Crippen LogP contribution in [0.25, 0.3) is 0 Å². The maximum absolute atomic E-state index is 13.3. The van der Waals surface area contributed by atoms with Gasteiger partial charge in [-0.15, -0.1) is 0 Å². The van der Waals surface area contributed by atoms with Gasteiger partial charge in [0.1, 0.15) is 5.75 Å². The number of halogens is 1. The molecule has 0 aliphatic rings. The Morgan fingerprint density at radius 1 is 1.37 bits per heavy atom. The van der Waals surface area contributed by atoms with Gasteiger partial charge < -0.3 is 10.5 Å². The van der Waals surface area contributed by atoms with E-state index in [9.17, 15) is 14.5 Å². The molecule has 8 heteroatoms. The van der Waals surface area contributed by atoms with Gasteiger partial charge in [0.2, 0.25) is 5.82 Å². The van der Waals surface area contributed by atoms with Gasteiger partial charge in [-0.2, -0.15) is 4.39 Å². The standard InChI is InChI=1S/C11H9FN4O3/c12-9-3-8(1-2-10(9)16(17)18)19-11-14-5-7(4-13)6-15-11/h1-3,5-6H,4,13H2. The summed E-state index contributed by atoms with van der Waals surface area (Å²) >= 11 is 0. The fourth-order valence-electron chi connectivity index (χ4n) is 1.31. The van der Waals surface area contributed by atoms with Crippen LogP contribution in [0.4, 0.5) is 10.1 Å². The van der Waals surface area contributed by atoms with Crippen molar-refractivity contribution in [2.75, 3.05) is 0 Å². The van der Waals surface area contributed by atoms with Crippen LogP contribution in [-0.4, -0.2) is 14.9 Å². The zero-order valence-electron chi connectivity index (χ0n) is 9.62. The molecule has 1 heterocycles. The van der Waals surface area contributed by atoms with Crippen molar-refractivity contribution >= 4 is 5.69 Å². The van der Waals surface area contributed by atoms with E-state index in [-0.39, 0.29) is 11.8 Å². The quantitative estimate of drug-likeness (QED) is 0.666. The molecule has 0 aliphatic carbocycles. The Bertz CT molecular complexity index is 603. The molecule has 0 saturated carbocycles. The number of nitrogens with zero attached hydrogens (tertiary/aromatic N) is 3. The molecule has 1 aromatic carbocycles. The van der Waals surface area contributed by atoms with Gasteiger partial charge in [0.15, 0.2) is 0 Å². The molecule has 0 aliphatic heterocycles. The minimum absolute atomic E-state index is 0.00505. The summed E-state index contributed by atoms with van der Waals surface area (Å²) in [4.78, 5) is 17.4. The summed E-state index contributed by atoms with van der Waals surface area (Å²) in [6, 6.07) is 3.18. The zero-order chi connectivity index (χ0) is 13.8.